The predicted molar refractivity (Wildman–Crippen MR) is 81.3 cm³/mol. The Kier molecular flexibility index (Phi) is 3.47. The Labute approximate surface area is 125 Å². The Morgan fingerprint density at radius 2 is 2.10 bits per heavy atom. The maximum absolute atomic E-state index is 14.3. The highest BCUT2D eigenvalue weighted by molar-refractivity contribution is 7.99. The third-order valence-electron chi connectivity index (χ3n) is 3.20. The molecule has 3 rings (SSSR count). The number of carbonyl (C=O) groups excluding carboxylic acids is 1. The van der Waals surface area contributed by atoms with Gasteiger partial charge in [-0.15, -0.1) is 0 Å². The Balaban J connectivity index is 2.02. The number of hydrogen-bond donors (Lipinski definition) is 2. The van der Waals surface area contributed by atoms with Gasteiger partial charge in [-0.25, -0.2) is 4.39 Å². The molecule has 0 saturated carbocycles. The van der Waals surface area contributed by atoms with Gasteiger partial charge in [0.2, 0.25) is 0 Å². The Hall–Kier alpha value is -2.21. The number of benzene rings is 2. The fourth-order valence-corrected chi connectivity index (χ4v) is 2.98. The first-order chi connectivity index (χ1) is 10.0. The molecule has 0 bridgehead atoms. The number of anilines is 1. The lowest BCUT2D eigenvalue weighted by Gasteiger charge is -2.17. The number of phenols is 1. The summed E-state index contributed by atoms with van der Waals surface area (Å²) in [5.74, 6) is -0.965. The summed E-state index contributed by atoms with van der Waals surface area (Å²) in [7, 11) is 0. The summed E-state index contributed by atoms with van der Waals surface area (Å²) >= 11 is 0.970. The molecule has 0 spiro atoms. The Bertz CT molecular complexity index is 698. The van der Waals surface area contributed by atoms with Gasteiger partial charge in [-0.3, -0.25) is 13.8 Å². The van der Waals surface area contributed by atoms with Gasteiger partial charge in [0.15, 0.2) is 5.82 Å². The van der Waals surface area contributed by atoms with Crippen molar-refractivity contribution in [1.82, 2.24) is 4.72 Å². The van der Waals surface area contributed by atoms with Gasteiger partial charge in [0.05, 0.1) is 12.1 Å². The first-order valence-electron chi connectivity index (χ1n) is 6.37. The van der Waals surface area contributed by atoms with E-state index in [1.54, 1.807) is 0 Å². The third kappa shape index (κ3) is 2.67. The zero-order valence-electron chi connectivity index (χ0n) is 11.3. The van der Waals surface area contributed by atoms with Crippen molar-refractivity contribution in [2.45, 2.75) is 6.92 Å². The Morgan fingerprint density at radius 3 is 2.71 bits per heavy atom. The minimum absolute atomic E-state index is 0.0128. The van der Waals surface area contributed by atoms with Crippen LogP contribution in [0.3, 0.4) is 0 Å². The van der Waals surface area contributed by atoms with E-state index in [2.05, 4.69) is 4.72 Å². The third-order valence-corrected chi connectivity index (χ3v) is 4.05. The van der Waals surface area contributed by atoms with Crippen LogP contribution < -0.4 is 9.03 Å². The number of nitrogens with one attached hydrogen (secondary N) is 1. The molecule has 0 radical (unpaired) electrons. The quantitative estimate of drug-likeness (QED) is 0.838. The van der Waals surface area contributed by atoms with Crippen molar-refractivity contribution < 1.29 is 14.3 Å². The van der Waals surface area contributed by atoms with Crippen LogP contribution in [-0.4, -0.2) is 17.6 Å². The maximum Gasteiger partial charge on any atom is 0.251 e. The summed E-state index contributed by atoms with van der Waals surface area (Å²) in [5, 5.41) is 10.1. The van der Waals surface area contributed by atoms with E-state index >= 15 is 0 Å². The van der Waals surface area contributed by atoms with E-state index < -0.39 is 5.82 Å². The standard InChI is InChI=1S/C15H13FN2O2S/c1-9-3-2-4-10(5-9)11-6-12(16)15(13(19)7-11)18-8-14(20)17-21-18/h2-7,19H,8H2,1H3,(H,17,20). The van der Waals surface area contributed by atoms with Crippen molar-refractivity contribution in [2.24, 2.45) is 0 Å². The van der Waals surface area contributed by atoms with Crippen LogP contribution in [0.1, 0.15) is 5.56 Å². The van der Waals surface area contributed by atoms with Crippen LogP contribution in [0.25, 0.3) is 11.1 Å². The smallest absolute Gasteiger partial charge is 0.251 e. The number of aromatic hydroxyl groups is 1. The van der Waals surface area contributed by atoms with Crippen LogP contribution in [-0.2, 0) is 4.79 Å². The lowest BCUT2D eigenvalue weighted by Crippen LogP contribution is -2.16. The van der Waals surface area contributed by atoms with E-state index in [0.29, 0.717) is 5.56 Å². The number of aryl methyl sites for hydroxylation is 1. The number of rotatable bonds is 2. The average Bonchev–Trinajstić information content (AvgIpc) is 2.84. The van der Waals surface area contributed by atoms with Crippen molar-refractivity contribution in [2.75, 3.05) is 10.8 Å². The van der Waals surface area contributed by atoms with Crippen molar-refractivity contribution in [1.29, 1.82) is 0 Å². The van der Waals surface area contributed by atoms with E-state index in [9.17, 15) is 14.3 Å². The molecule has 4 nitrogen and oxygen atoms in total. The van der Waals surface area contributed by atoms with E-state index in [0.717, 1.165) is 23.3 Å². The molecule has 0 aromatic heterocycles. The van der Waals surface area contributed by atoms with Crippen LogP contribution in [0, 0.1) is 12.7 Å². The van der Waals surface area contributed by atoms with E-state index in [-0.39, 0.29) is 23.9 Å². The highest BCUT2D eigenvalue weighted by Crippen LogP contribution is 2.38. The van der Waals surface area contributed by atoms with Gasteiger partial charge in [-0.2, -0.15) is 0 Å². The van der Waals surface area contributed by atoms with Crippen molar-refractivity contribution >= 4 is 23.7 Å². The zero-order valence-corrected chi connectivity index (χ0v) is 12.1. The minimum atomic E-state index is -0.560. The first kappa shape index (κ1) is 13.8. The second-order valence-corrected chi connectivity index (χ2v) is 5.68. The summed E-state index contributed by atoms with van der Waals surface area (Å²) in [6.45, 7) is 1.96. The summed E-state index contributed by atoms with van der Waals surface area (Å²) in [4.78, 5) is 11.2. The van der Waals surface area contributed by atoms with Gasteiger partial charge in [0.25, 0.3) is 5.91 Å². The largest absolute Gasteiger partial charge is 0.506 e. The second-order valence-electron chi connectivity index (χ2n) is 4.85. The van der Waals surface area contributed by atoms with Crippen LogP contribution in [0.15, 0.2) is 36.4 Å². The first-order valence-corrected chi connectivity index (χ1v) is 7.15. The number of amides is 1. The molecule has 0 unspecified atom stereocenters. The zero-order chi connectivity index (χ0) is 15.0. The molecule has 2 aromatic rings. The number of halogens is 1. The fourth-order valence-electron chi connectivity index (χ4n) is 2.25. The summed E-state index contributed by atoms with van der Waals surface area (Å²) in [6.07, 6.45) is 0. The van der Waals surface area contributed by atoms with Crippen molar-refractivity contribution in [3.8, 4) is 16.9 Å². The highest BCUT2D eigenvalue weighted by atomic mass is 32.2. The second kappa shape index (κ2) is 5.29. The monoisotopic (exact) mass is 304 g/mol. The molecule has 21 heavy (non-hydrogen) atoms. The van der Waals surface area contributed by atoms with Crippen molar-refractivity contribution in [3.05, 3.63) is 47.8 Å². The summed E-state index contributed by atoms with van der Waals surface area (Å²) in [6, 6.07) is 10.5. The molecule has 1 fully saturated rings. The van der Waals surface area contributed by atoms with E-state index in [1.165, 1.54) is 16.4 Å². The van der Waals surface area contributed by atoms with Crippen LogP contribution in [0.4, 0.5) is 10.1 Å². The predicted octanol–water partition coefficient (Wildman–Crippen LogP) is 3.01. The van der Waals surface area contributed by atoms with Gasteiger partial charge in [0, 0.05) is 0 Å². The molecule has 0 aliphatic carbocycles. The van der Waals surface area contributed by atoms with Crippen molar-refractivity contribution in [3.63, 3.8) is 0 Å². The molecule has 1 aliphatic heterocycles. The molecular formula is C15H13FN2O2S. The number of carbonyl (C=O) groups is 1. The van der Waals surface area contributed by atoms with Gasteiger partial charge in [0.1, 0.15) is 18.0 Å². The lowest BCUT2D eigenvalue weighted by atomic mass is 10.0. The normalized spacial score (nSPS) is 14.4. The van der Waals surface area contributed by atoms with E-state index in [1.807, 2.05) is 31.2 Å². The number of hydrogen-bond acceptors (Lipinski definition) is 4. The van der Waals surface area contributed by atoms with Crippen LogP contribution in [0.2, 0.25) is 0 Å². The van der Waals surface area contributed by atoms with Gasteiger partial charge in [-0.05, 0) is 30.2 Å². The molecule has 2 aromatic carbocycles. The SMILES string of the molecule is Cc1cccc(-c2cc(O)c(N3CC(=O)NS3)c(F)c2)c1. The molecule has 1 saturated heterocycles. The van der Waals surface area contributed by atoms with Gasteiger partial charge >= 0.3 is 0 Å². The molecule has 2 N–H and O–H groups in total. The molecule has 6 heteroatoms. The Morgan fingerprint density at radius 1 is 1.29 bits per heavy atom. The minimum Gasteiger partial charge on any atom is -0.506 e. The highest BCUT2D eigenvalue weighted by Gasteiger charge is 2.26. The van der Waals surface area contributed by atoms with Crippen LogP contribution >= 0.6 is 12.1 Å². The lowest BCUT2D eigenvalue weighted by molar-refractivity contribution is -0.117. The van der Waals surface area contributed by atoms with E-state index in [4.69, 9.17) is 0 Å². The molecular weight excluding hydrogens is 291 g/mol. The molecule has 1 heterocycles. The maximum atomic E-state index is 14.3. The summed E-state index contributed by atoms with van der Waals surface area (Å²) < 4.78 is 18.2. The topological polar surface area (TPSA) is 52.6 Å². The molecule has 1 amide bonds. The molecule has 0 atom stereocenters. The van der Waals surface area contributed by atoms with Gasteiger partial charge < -0.3 is 5.11 Å². The number of nitrogens with zero attached hydrogens (tertiary/aromatic N) is 1. The molecule has 108 valence electrons. The average molecular weight is 304 g/mol. The molecule has 1 aliphatic rings. The number of phenolic OH excluding ortho intramolecular Hbond substituents is 1. The fraction of sp³-hybridized carbons (Fsp3) is 0.133. The van der Waals surface area contributed by atoms with Gasteiger partial charge in [-0.1, -0.05) is 29.8 Å². The van der Waals surface area contributed by atoms with Crippen LogP contribution in [0.5, 0.6) is 5.75 Å². The summed E-state index contributed by atoms with van der Waals surface area (Å²) in [5.41, 5.74) is 2.51.